The summed E-state index contributed by atoms with van der Waals surface area (Å²) in [6, 6.07) is 24.1. The average Bonchev–Trinajstić information content (AvgIpc) is 3.18. The monoisotopic (exact) mass is 419 g/mol. The van der Waals surface area contributed by atoms with Crippen LogP contribution in [0.5, 0.6) is 0 Å². The zero-order valence-corrected chi connectivity index (χ0v) is 18.9. The van der Waals surface area contributed by atoms with Crippen LogP contribution in [0.4, 0.5) is 5.69 Å². The Morgan fingerprint density at radius 3 is 2.66 bits per heavy atom. The maximum absolute atomic E-state index is 6.70. The number of anilines is 1. The number of aryl methyl sites for hydroxylation is 3. The van der Waals surface area contributed by atoms with Crippen LogP contribution < -0.4 is 9.47 Å². The molecule has 0 atom stereocenters. The second-order valence-corrected chi connectivity index (χ2v) is 8.98. The first-order valence-corrected chi connectivity index (χ1v) is 11.4. The zero-order valence-electron chi connectivity index (χ0n) is 18.9. The molecular formula is C29H27N2O+. The lowest BCUT2D eigenvalue weighted by molar-refractivity contribution is -0.660. The molecule has 0 amide bonds. The quantitative estimate of drug-likeness (QED) is 0.307. The Labute approximate surface area is 188 Å². The number of para-hydroxylation sites is 1. The minimum atomic E-state index is 0.965. The standard InChI is InChI=1S/C29H27N2O/c1-19-12-14-24-23-10-6-9-22(20-13-15-25-21(18-20)8-7-17-30(25)2)28(23)32-29(24)27(19)26-11-4-5-16-31(26)3/h4-6,9-16,18H,7-8,17H2,1-3H3/q+1. The van der Waals surface area contributed by atoms with Crippen LogP contribution in [0.3, 0.4) is 0 Å². The highest BCUT2D eigenvalue weighted by Gasteiger charge is 2.22. The Bertz CT molecular complexity index is 1490. The van der Waals surface area contributed by atoms with Crippen molar-refractivity contribution >= 4 is 27.6 Å². The van der Waals surface area contributed by atoms with E-state index in [0.717, 1.165) is 35.4 Å². The molecule has 0 saturated heterocycles. The van der Waals surface area contributed by atoms with Crippen LogP contribution in [-0.2, 0) is 13.5 Å². The molecule has 0 unspecified atom stereocenters. The number of rotatable bonds is 2. The van der Waals surface area contributed by atoms with Crippen molar-refractivity contribution < 1.29 is 8.98 Å². The summed E-state index contributed by atoms with van der Waals surface area (Å²) in [7, 11) is 4.27. The van der Waals surface area contributed by atoms with Crippen molar-refractivity contribution in [3.05, 3.63) is 84.1 Å². The fourth-order valence-corrected chi connectivity index (χ4v) is 5.24. The number of hydrogen-bond acceptors (Lipinski definition) is 2. The lowest BCUT2D eigenvalue weighted by Crippen LogP contribution is -2.30. The van der Waals surface area contributed by atoms with Crippen molar-refractivity contribution in [3.63, 3.8) is 0 Å². The maximum atomic E-state index is 6.70. The number of furan rings is 1. The lowest BCUT2D eigenvalue weighted by atomic mass is 9.95. The smallest absolute Gasteiger partial charge is 0.216 e. The molecule has 1 aliphatic heterocycles. The second kappa shape index (κ2) is 7.23. The molecule has 0 saturated carbocycles. The molecule has 5 aromatic rings. The van der Waals surface area contributed by atoms with Gasteiger partial charge in [0.05, 0.1) is 5.56 Å². The van der Waals surface area contributed by atoms with Gasteiger partial charge >= 0.3 is 0 Å². The zero-order chi connectivity index (χ0) is 21.8. The topological polar surface area (TPSA) is 20.3 Å². The highest BCUT2D eigenvalue weighted by atomic mass is 16.3. The number of aromatic nitrogens is 1. The predicted molar refractivity (Wildman–Crippen MR) is 132 cm³/mol. The van der Waals surface area contributed by atoms with Crippen molar-refractivity contribution in [3.8, 4) is 22.4 Å². The number of nitrogens with zero attached hydrogens (tertiary/aromatic N) is 2. The van der Waals surface area contributed by atoms with E-state index in [1.807, 2.05) is 0 Å². The molecule has 0 aliphatic carbocycles. The van der Waals surface area contributed by atoms with Gasteiger partial charge in [0.15, 0.2) is 6.20 Å². The summed E-state index contributed by atoms with van der Waals surface area (Å²) in [4.78, 5) is 2.36. The Morgan fingerprint density at radius 2 is 1.78 bits per heavy atom. The maximum Gasteiger partial charge on any atom is 0.216 e. The van der Waals surface area contributed by atoms with Crippen molar-refractivity contribution in [1.29, 1.82) is 0 Å². The van der Waals surface area contributed by atoms with E-state index in [2.05, 4.69) is 103 Å². The Hall–Kier alpha value is -3.59. The molecule has 2 aromatic heterocycles. The van der Waals surface area contributed by atoms with Crippen LogP contribution in [0.2, 0.25) is 0 Å². The summed E-state index contributed by atoms with van der Waals surface area (Å²) in [5.41, 5.74) is 10.7. The third-order valence-electron chi connectivity index (χ3n) is 6.93. The molecule has 32 heavy (non-hydrogen) atoms. The van der Waals surface area contributed by atoms with E-state index in [-0.39, 0.29) is 0 Å². The van der Waals surface area contributed by atoms with E-state index in [9.17, 15) is 0 Å². The Balaban J connectivity index is 1.61. The normalized spacial score (nSPS) is 13.7. The van der Waals surface area contributed by atoms with E-state index >= 15 is 0 Å². The van der Waals surface area contributed by atoms with Crippen LogP contribution in [-0.4, -0.2) is 13.6 Å². The molecule has 0 spiro atoms. The summed E-state index contributed by atoms with van der Waals surface area (Å²) in [5.74, 6) is 0. The van der Waals surface area contributed by atoms with Crippen molar-refractivity contribution in [2.24, 2.45) is 7.05 Å². The predicted octanol–water partition coefficient (Wildman–Crippen LogP) is 6.44. The van der Waals surface area contributed by atoms with Gasteiger partial charge in [0.2, 0.25) is 5.69 Å². The van der Waals surface area contributed by atoms with Gasteiger partial charge in [-0.05, 0) is 54.7 Å². The fraction of sp³-hybridized carbons (Fsp3) is 0.207. The number of fused-ring (bicyclic) bond motifs is 4. The highest BCUT2D eigenvalue weighted by Crippen LogP contribution is 2.41. The SMILES string of the molecule is Cc1ccc2c(oc3c(-c4ccc5c(c4)CCCN5C)cccc32)c1-c1cccc[n+]1C. The minimum absolute atomic E-state index is 0.965. The molecular weight excluding hydrogens is 392 g/mol. The van der Waals surface area contributed by atoms with E-state index < -0.39 is 0 Å². The van der Waals surface area contributed by atoms with Gasteiger partial charge in [-0.1, -0.05) is 36.4 Å². The second-order valence-electron chi connectivity index (χ2n) is 8.98. The Kier molecular flexibility index (Phi) is 4.32. The van der Waals surface area contributed by atoms with Gasteiger partial charge in [0.1, 0.15) is 18.2 Å². The molecule has 3 heterocycles. The summed E-state index contributed by atoms with van der Waals surface area (Å²) >= 11 is 0. The van der Waals surface area contributed by atoms with E-state index in [1.165, 1.54) is 45.1 Å². The first-order valence-electron chi connectivity index (χ1n) is 11.4. The van der Waals surface area contributed by atoms with Crippen LogP contribution in [0.25, 0.3) is 44.3 Å². The van der Waals surface area contributed by atoms with Gasteiger partial charge in [-0.15, -0.1) is 0 Å². The Morgan fingerprint density at radius 1 is 0.906 bits per heavy atom. The van der Waals surface area contributed by atoms with Crippen LogP contribution >= 0.6 is 0 Å². The minimum Gasteiger partial charge on any atom is -0.454 e. The summed E-state index contributed by atoms with van der Waals surface area (Å²) in [5, 5.41) is 2.34. The van der Waals surface area contributed by atoms with Crippen molar-refractivity contribution in [2.45, 2.75) is 19.8 Å². The molecule has 3 nitrogen and oxygen atoms in total. The third-order valence-corrected chi connectivity index (χ3v) is 6.93. The van der Waals surface area contributed by atoms with Gasteiger partial charge in [0.25, 0.3) is 0 Å². The van der Waals surface area contributed by atoms with Gasteiger partial charge in [-0.2, -0.15) is 0 Å². The number of pyridine rings is 1. The lowest BCUT2D eigenvalue weighted by Gasteiger charge is -2.27. The van der Waals surface area contributed by atoms with Crippen molar-refractivity contribution in [2.75, 3.05) is 18.5 Å². The van der Waals surface area contributed by atoms with Crippen LogP contribution in [0.1, 0.15) is 17.5 Å². The molecule has 6 rings (SSSR count). The van der Waals surface area contributed by atoms with Gasteiger partial charge < -0.3 is 9.32 Å². The molecule has 0 radical (unpaired) electrons. The average molecular weight is 420 g/mol. The summed E-state index contributed by atoms with van der Waals surface area (Å²) < 4.78 is 8.86. The third kappa shape index (κ3) is 2.85. The van der Waals surface area contributed by atoms with E-state index in [0.29, 0.717) is 0 Å². The van der Waals surface area contributed by atoms with Crippen LogP contribution in [0.15, 0.2) is 77.3 Å². The molecule has 0 fully saturated rings. The first kappa shape index (κ1) is 19.1. The van der Waals surface area contributed by atoms with Gasteiger partial charge in [-0.3, -0.25) is 0 Å². The molecule has 1 aliphatic rings. The van der Waals surface area contributed by atoms with E-state index in [1.54, 1.807) is 0 Å². The highest BCUT2D eigenvalue weighted by molar-refractivity contribution is 6.13. The fourth-order valence-electron chi connectivity index (χ4n) is 5.24. The van der Waals surface area contributed by atoms with Gasteiger partial charge in [0, 0.05) is 47.7 Å². The number of hydrogen-bond donors (Lipinski definition) is 0. The number of benzene rings is 3. The molecule has 0 bridgehead atoms. The summed E-state index contributed by atoms with van der Waals surface area (Å²) in [6.07, 6.45) is 4.43. The van der Waals surface area contributed by atoms with E-state index in [4.69, 9.17) is 4.42 Å². The summed E-state index contributed by atoms with van der Waals surface area (Å²) in [6.45, 7) is 3.29. The van der Waals surface area contributed by atoms with Gasteiger partial charge in [-0.25, -0.2) is 4.57 Å². The first-order chi connectivity index (χ1) is 15.6. The molecule has 158 valence electrons. The molecule has 3 heteroatoms. The van der Waals surface area contributed by atoms with Crippen LogP contribution in [0, 0.1) is 6.92 Å². The van der Waals surface area contributed by atoms with Crippen molar-refractivity contribution in [1.82, 2.24) is 0 Å². The molecule has 3 aromatic carbocycles. The molecule has 0 N–H and O–H groups in total. The largest absolute Gasteiger partial charge is 0.454 e.